The number of methoxy groups -OCH3 is 1. The fourth-order valence-electron chi connectivity index (χ4n) is 5.93. The molecule has 52 heavy (non-hydrogen) atoms. The van der Waals surface area contributed by atoms with E-state index >= 15 is 0 Å². The molecule has 0 N–H and O–H groups in total. The quantitative estimate of drug-likeness (QED) is 0.166. The van der Waals surface area contributed by atoms with Gasteiger partial charge in [-0.15, -0.1) is 22.0 Å². The number of aromatic nitrogens is 3. The van der Waals surface area contributed by atoms with Crippen molar-refractivity contribution in [3.05, 3.63) is 172 Å². The molecule has 8 nitrogen and oxygen atoms in total. The maximum atomic E-state index is 14.2. The molecule has 11 heteroatoms. The summed E-state index contributed by atoms with van der Waals surface area (Å²) in [5.74, 6) is 1.55. The van der Waals surface area contributed by atoms with Gasteiger partial charge in [0, 0.05) is 22.3 Å². The molecule has 3 heterocycles. The molecule has 0 radical (unpaired) electrons. The summed E-state index contributed by atoms with van der Waals surface area (Å²) < 4.78 is 40.8. The average Bonchev–Trinajstić information content (AvgIpc) is 3.39. The van der Waals surface area contributed by atoms with Gasteiger partial charge in [0.2, 0.25) is 0 Å². The zero-order valence-corrected chi connectivity index (χ0v) is 29.4. The largest absolute Gasteiger partial charge is 0.497 e. The third-order valence-corrected chi connectivity index (χ3v) is 9.14. The Morgan fingerprint density at radius 1 is 0.692 bits per heavy atom. The first-order chi connectivity index (χ1) is 25.5. The lowest BCUT2D eigenvalue weighted by Crippen LogP contribution is -2.11. The van der Waals surface area contributed by atoms with E-state index in [0.29, 0.717) is 36.9 Å². The van der Waals surface area contributed by atoms with E-state index in [0.717, 1.165) is 55.8 Å². The summed E-state index contributed by atoms with van der Waals surface area (Å²) in [7, 11) is 1.64. The van der Waals surface area contributed by atoms with E-state index in [9.17, 15) is 8.78 Å². The SMILES string of the molecule is COc1ccc(COCc2nnc3n2-c2ccc(F)cc2C(c2ccccc2)=NC3)cc1.CSC1=Nc2ccc(F)cc2C(c2ccccc2)=NC1. The van der Waals surface area contributed by atoms with Crippen LogP contribution in [0.15, 0.2) is 136 Å². The lowest BCUT2D eigenvalue weighted by molar-refractivity contribution is 0.100. The summed E-state index contributed by atoms with van der Waals surface area (Å²) in [6, 6.07) is 36.7. The van der Waals surface area contributed by atoms with Gasteiger partial charge in [-0.25, -0.2) is 13.8 Å². The molecular weight excluding hydrogens is 679 g/mol. The molecule has 2 aliphatic rings. The van der Waals surface area contributed by atoms with E-state index < -0.39 is 0 Å². The molecule has 260 valence electrons. The molecule has 5 aromatic carbocycles. The van der Waals surface area contributed by atoms with Gasteiger partial charge >= 0.3 is 0 Å². The molecule has 6 aromatic rings. The first-order valence-corrected chi connectivity index (χ1v) is 17.8. The molecule has 0 aliphatic carbocycles. The molecule has 0 spiro atoms. The van der Waals surface area contributed by atoms with Gasteiger partial charge in [-0.3, -0.25) is 14.6 Å². The summed E-state index contributed by atoms with van der Waals surface area (Å²) in [4.78, 5) is 13.9. The molecule has 1 aromatic heterocycles. The number of benzene rings is 5. The van der Waals surface area contributed by atoms with Gasteiger partial charge in [0.25, 0.3) is 0 Å². The van der Waals surface area contributed by atoms with Crippen LogP contribution in [-0.4, -0.2) is 51.1 Å². The highest BCUT2D eigenvalue weighted by atomic mass is 32.2. The molecule has 0 atom stereocenters. The van der Waals surface area contributed by atoms with Crippen molar-refractivity contribution in [2.24, 2.45) is 15.0 Å². The Labute approximate surface area is 304 Å². The van der Waals surface area contributed by atoms with Crippen molar-refractivity contribution in [2.75, 3.05) is 19.9 Å². The fraction of sp³-hybridized carbons (Fsp3) is 0.146. The Morgan fingerprint density at radius 3 is 2.00 bits per heavy atom. The van der Waals surface area contributed by atoms with Crippen LogP contribution in [0, 0.1) is 11.6 Å². The van der Waals surface area contributed by atoms with Crippen LogP contribution in [0.5, 0.6) is 5.75 Å². The maximum Gasteiger partial charge on any atom is 0.163 e. The van der Waals surface area contributed by atoms with E-state index in [1.54, 1.807) is 31.0 Å². The third-order valence-electron chi connectivity index (χ3n) is 8.45. The molecule has 2 aliphatic heterocycles. The van der Waals surface area contributed by atoms with Crippen LogP contribution in [-0.2, 0) is 24.5 Å². The first-order valence-electron chi connectivity index (χ1n) is 16.6. The molecule has 0 amide bonds. The van der Waals surface area contributed by atoms with E-state index in [4.69, 9.17) is 14.5 Å². The van der Waals surface area contributed by atoms with Gasteiger partial charge in [-0.2, -0.15) is 0 Å². The number of hydrogen-bond acceptors (Lipinski definition) is 8. The normalized spacial score (nSPS) is 13.1. The Morgan fingerprint density at radius 2 is 1.33 bits per heavy atom. The van der Waals surface area contributed by atoms with Crippen LogP contribution >= 0.6 is 11.8 Å². The summed E-state index contributed by atoms with van der Waals surface area (Å²) in [5.41, 5.74) is 7.48. The van der Waals surface area contributed by atoms with Crippen molar-refractivity contribution in [3.63, 3.8) is 0 Å². The lowest BCUT2D eigenvalue weighted by Gasteiger charge is -2.14. The number of rotatable bonds is 7. The highest BCUT2D eigenvalue weighted by molar-refractivity contribution is 8.13. The van der Waals surface area contributed by atoms with Crippen molar-refractivity contribution >= 4 is 33.9 Å². The zero-order valence-electron chi connectivity index (χ0n) is 28.5. The minimum atomic E-state index is -0.318. The van der Waals surface area contributed by atoms with Gasteiger partial charge in [0.05, 0.1) is 48.1 Å². The molecule has 8 rings (SSSR count). The van der Waals surface area contributed by atoms with E-state index in [1.165, 1.54) is 24.3 Å². The van der Waals surface area contributed by atoms with Gasteiger partial charge < -0.3 is 9.47 Å². The molecule has 0 saturated heterocycles. The van der Waals surface area contributed by atoms with Gasteiger partial charge in [-0.05, 0) is 60.4 Å². The van der Waals surface area contributed by atoms with Crippen LogP contribution in [0.4, 0.5) is 14.5 Å². The van der Waals surface area contributed by atoms with Gasteiger partial charge in [0.15, 0.2) is 11.6 Å². The maximum absolute atomic E-state index is 14.2. The average molecular weight is 713 g/mol. The van der Waals surface area contributed by atoms with Crippen molar-refractivity contribution in [1.82, 2.24) is 14.8 Å². The minimum Gasteiger partial charge on any atom is -0.497 e. The molecule has 0 saturated carbocycles. The molecule has 0 unspecified atom stereocenters. The summed E-state index contributed by atoms with van der Waals surface area (Å²) >= 11 is 1.57. The van der Waals surface area contributed by atoms with Crippen molar-refractivity contribution < 1.29 is 18.3 Å². The second kappa shape index (κ2) is 16.1. The highest BCUT2D eigenvalue weighted by Gasteiger charge is 2.23. The Balaban J connectivity index is 0.000000180. The van der Waals surface area contributed by atoms with Gasteiger partial charge in [0.1, 0.15) is 30.5 Å². The fourth-order valence-corrected chi connectivity index (χ4v) is 6.31. The standard InChI is InChI=1S/C25H21FN4O2.C16H13FN2S/c1-31-20-10-7-17(8-11-20)15-32-16-24-29-28-23-14-27-25(18-5-3-2-4-6-18)21-13-19(26)9-12-22(21)30(23)24;1-20-15-10-18-16(11-5-3-2-4-6-11)13-9-12(17)7-8-14(13)19-15/h2-13H,14-16H2,1H3;2-9H,10H2,1H3. The predicted octanol–water partition coefficient (Wildman–Crippen LogP) is 8.55. The van der Waals surface area contributed by atoms with Crippen LogP contribution in [0.1, 0.15) is 39.5 Å². The number of halogens is 2. The summed E-state index contributed by atoms with van der Waals surface area (Å²) in [6.45, 7) is 1.55. The van der Waals surface area contributed by atoms with Crippen LogP contribution in [0.3, 0.4) is 0 Å². The monoisotopic (exact) mass is 712 g/mol. The zero-order chi connectivity index (χ0) is 35.9. The van der Waals surface area contributed by atoms with E-state index in [2.05, 4.69) is 20.2 Å². The van der Waals surface area contributed by atoms with Crippen LogP contribution in [0.25, 0.3) is 5.69 Å². The number of ether oxygens (including phenoxy) is 2. The number of nitrogens with zero attached hydrogens (tertiary/aromatic N) is 6. The number of aliphatic imine (C=N–C) groups is 3. The second-order valence-electron chi connectivity index (χ2n) is 11.8. The Hall–Kier alpha value is -5.78. The highest BCUT2D eigenvalue weighted by Crippen LogP contribution is 2.29. The lowest BCUT2D eigenvalue weighted by atomic mass is 10.0. The Kier molecular flexibility index (Phi) is 10.7. The number of hydrogen-bond donors (Lipinski definition) is 0. The first kappa shape index (κ1) is 34.7. The van der Waals surface area contributed by atoms with Crippen molar-refractivity contribution in [2.45, 2.75) is 19.8 Å². The molecule has 0 bridgehead atoms. The van der Waals surface area contributed by atoms with Crippen LogP contribution < -0.4 is 4.74 Å². The smallest absolute Gasteiger partial charge is 0.163 e. The summed E-state index contributed by atoms with van der Waals surface area (Å²) in [5, 5.41) is 9.59. The number of fused-ring (bicyclic) bond motifs is 4. The third kappa shape index (κ3) is 7.75. The van der Waals surface area contributed by atoms with Crippen molar-refractivity contribution in [1.29, 1.82) is 0 Å². The minimum absolute atomic E-state index is 0.260. The summed E-state index contributed by atoms with van der Waals surface area (Å²) in [6.07, 6.45) is 1.98. The molecule has 0 fully saturated rings. The topological polar surface area (TPSA) is 86.2 Å². The van der Waals surface area contributed by atoms with E-state index in [1.807, 2.05) is 95.8 Å². The number of thioether (sulfide) groups is 1. The molecular formula is C41H34F2N6O2S. The Bertz CT molecular complexity index is 2270. The van der Waals surface area contributed by atoms with Crippen LogP contribution in [0.2, 0.25) is 0 Å². The second-order valence-corrected chi connectivity index (χ2v) is 12.7. The predicted molar refractivity (Wildman–Crippen MR) is 203 cm³/mol. The van der Waals surface area contributed by atoms with E-state index in [-0.39, 0.29) is 18.2 Å². The van der Waals surface area contributed by atoms with Crippen molar-refractivity contribution in [3.8, 4) is 11.4 Å². The van der Waals surface area contributed by atoms with Gasteiger partial charge in [-0.1, -0.05) is 72.8 Å².